The van der Waals surface area contributed by atoms with Crippen molar-refractivity contribution < 1.29 is 0 Å². The van der Waals surface area contributed by atoms with Crippen molar-refractivity contribution >= 4 is 16.8 Å². The SMILES string of the molecule is C=C(C)/C=C(C)\C=C\c1cc(-c2nc(-c3ccccc3)nc(-c3ccccc3)n2)cc(-c2ccccc2-c2ccc3ccccc3c2)c1. The number of rotatable bonds is 8. The molecule has 0 saturated carbocycles. The Morgan fingerprint density at radius 2 is 1.00 bits per heavy atom. The van der Waals surface area contributed by atoms with Gasteiger partial charge in [0.05, 0.1) is 0 Å². The highest BCUT2D eigenvalue weighted by molar-refractivity contribution is 5.92. The Hall–Kier alpha value is -6.19. The van der Waals surface area contributed by atoms with Gasteiger partial charge in [-0.25, -0.2) is 15.0 Å². The summed E-state index contributed by atoms with van der Waals surface area (Å²) in [5.74, 6) is 1.90. The van der Waals surface area contributed by atoms with Gasteiger partial charge in [0.1, 0.15) is 0 Å². The molecule has 3 nitrogen and oxygen atoms in total. The second-order valence-electron chi connectivity index (χ2n) is 12.1. The zero-order valence-electron chi connectivity index (χ0n) is 27.1. The van der Waals surface area contributed by atoms with Gasteiger partial charge in [0.25, 0.3) is 0 Å². The maximum absolute atomic E-state index is 5.06. The third-order valence-electron chi connectivity index (χ3n) is 8.22. The molecule has 6 aromatic carbocycles. The molecule has 230 valence electrons. The summed E-state index contributed by atoms with van der Waals surface area (Å²) in [6.07, 6.45) is 6.36. The van der Waals surface area contributed by atoms with E-state index in [0.29, 0.717) is 17.5 Å². The number of hydrogen-bond acceptors (Lipinski definition) is 3. The van der Waals surface area contributed by atoms with E-state index in [9.17, 15) is 0 Å². The van der Waals surface area contributed by atoms with Crippen LogP contribution in [-0.4, -0.2) is 15.0 Å². The van der Waals surface area contributed by atoms with Gasteiger partial charge in [-0.3, -0.25) is 0 Å². The van der Waals surface area contributed by atoms with Crippen molar-refractivity contribution in [1.29, 1.82) is 0 Å². The van der Waals surface area contributed by atoms with Crippen LogP contribution in [0.15, 0.2) is 175 Å². The molecule has 0 fully saturated rings. The maximum atomic E-state index is 5.06. The molecule has 1 heterocycles. The summed E-state index contributed by atoms with van der Waals surface area (Å²) in [5, 5.41) is 2.44. The minimum absolute atomic E-state index is 0.622. The molecule has 0 bridgehead atoms. The van der Waals surface area contributed by atoms with E-state index in [1.54, 1.807) is 0 Å². The average molecular weight is 618 g/mol. The minimum Gasteiger partial charge on any atom is -0.208 e. The molecule has 0 unspecified atom stereocenters. The third-order valence-corrected chi connectivity index (χ3v) is 8.22. The summed E-state index contributed by atoms with van der Waals surface area (Å²) in [6.45, 7) is 8.15. The molecule has 48 heavy (non-hydrogen) atoms. The molecule has 7 rings (SSSR count). The lowest BCUT2D eigenvalue weighted by Gasteiger charge is -2.14. The lowest BCUT2D eigenvalue weighted by molar-refractivity contribution is 1.07. The van der Waals surface area contributed by atoms with E-state index in [2.05, 4.69) is 117 Å². The Morgan fingerprint density at radius 3 is 1.62 bits per heavy atom. The average Bonchev–Trinajstić information content (AvgIpc) is 3.14. The van der Waals surface area contributed by atoms with Crippen molar-refractivity contribution in [3.8, 4) is 56.4 Å². The lowest BCUT2D eigenvalue weighted by atomic mass is 9.91. The molecule has 0 spiro atoms. The standard InChI is InChI=1S/C45H35N3/c1-31(2)26-32(3)22-23-33-27-39(42-21-13-12-20-41(42)38-25-24-34-14-10-11-19-37(34)29-38)30-40(28-33)45-47-43(35-15-6-4-7-16-35)46-44(48-45)36-17-8-5-9-18-36/h4-30H,1H2,2-3H3/b23-22+,32-26-. The smallest absolute Gasteiger partial charge is 0.164 e. The zero-order chi connectivity index (χ0) is 32.9. The molecular weight excluding hydrogens is 583 g/mol. The van der Waals surface area contributed by atoms with Gasteiger partial charge in [-0.15, -0.1) is 0 Å². The quantitative estimate of drug-likeness (QED) is 0.159. The number of allylic oxidation sites excluding steroid dienone is 4. The van der Waals surface area contributed by atoms with Crippen LogP contribution in [0.4, 0.5) is 0 Å². The number of aromatic nitrogens is 3. The molecule has 7 aromatic rings. The molecule has 3 heteroatoms. The normalized spacial score (nSPS) is 11.7. The highest BCUT2D eigenvalue weighted by Crippen LogP contribution is 2.36. The Labute approximate surface area is 282 Å². The van der Waals surface area contributed by atoms with Crippen LogP contribution in [0.1, 0.15) is 19.4 Å². The van der Waals surface area contributed by atoms with Gasteiger partial charge < -0.3 is 0 Å². The van der Waals surface area contributed by atoms with Crippen LogP contribution in [0, 0.1) is 0 Å². The largest absolute Gasteiger partial charge is 0.208 e. The van der Waals surface area contributed by atoms with E-state index >= 15 is 0 Å². The van der Waals surface area contributed by atoms with Crippen molar-refractivity contribution in [1.82, 2.24) is 15.0 Å². The van der Waals surface area contributed by atoms with Crippen molar-refractivity contribution in [2.45, 2.75) is 13.8 Å². The van der Waals surface area contributed by atoms with Gasteiger partial charge in [-0.2, -0.15) is 0 Å². The first-order valence-electron chi connectivity index (χ1n) is 16.1. The summed E-state index contributed by atoms with van der Waals surface area (Å²) in [6, 6.07) is 50.6. The van der Waals surface area contributed by atoms with Crippen molar-refractivity contribution in [3.63, 3.8) is 0 Å². The van der Waals surface area contributed by atoms with Gasteiger partial charge >= 0.3 is 0 Å². The van der Waals surface area contributed by atoms with Crippen LogP contribution in [0.2, 0.25) is 0 Å². The van der Waals surface area contributed by atoms with E-state index in [-0.39, 0.29) is 0 Å². The fraction of sp³-hybridized carbons (Fsp3) is 0.0444. The lowest BCUT2D eigenvalue weighted by Crippen LogP contribution is -2.00. The van der Waals surface area contributed by atoms with E-state index in [0.717, 1.165) is 44.5 Å². The number of fused-ring (bicyclic) bond motifs is 1. The van der Waals surface area contributed by atoms with Crippen molar-refractivity contribution in [3.05, 3.63) is 181 Å². The summed E-state index contributed by atoms with van der Waals surface area (Å²) in [5.41, 5.74) is 10.6. The highest BCUT2D eigenvalue weighted by Gasteiger charge is 2.15. The van der Waals surface area contributed by atoms with Crippen LogP contribution in [0.3, 0.4) is 0 Å². The Kier molecular flexibility index (Phi) is 8.67. The predicted octanol–water partition coefficient (Wildman–Crippen LogP) is 11.9. The monoisotopic (exact) mass is 617 g/mol. The fourth-order valence-electron chi connectivity index (χ4n) is 5.98. The van der Waals surface area contributed by atoms with Gasteiger partial charge in [-0.1, -0.05) is 157 Å². The van der Waals surface area contributed by atoms with Gasteiger partial charge in [0.15, 0.2) is 17.5 Å². The third kappa shape index (κ3) is 6.81. The first-order chi connectivity index (χ1) is 23.5. The molecule has 0 aliphatic rings. The number of nitrogens with zero attached hydrogens (tertiary/aromatic N) is 3. The molecule has 0 aliphatic heterocycles. The van der Waals surface area contributed by atoms with Crippen LogP contribution >= 0.6 is 0 Å². The van der Waals surface area contributed by atoms with Gasteiger partial charge in [0, 0.05) is 16.7 Å². The maximum Gasteiger partial charge on any atom is 0.164 e. The van der Waals surface area contributed by atoms with E-state index < -0.39 is 0 Å². The second-order valence-corrected chi connectivity index (χ2v) is 12.1. The number of hydrogen-bond donors (Lipinski definition) is 0. The molecule has 0 aliphatic carbocycles. The van der Waals surface area contributed by atoms with Crippen molar-refractivity contribution in [2.24, 2.45) is 0 Å². The topological polar surface area (TPSA) is 38.7 Å². The molecule has 0 atom stereocenters. The molecule has 0 saturated heterocycles. The van der Waals surface area contributed by atoms with Gasteiger partial charge in [0.2, 0.25) is 0 Å². The summed E-state index contributed by atoms with van der Waals surface area (Å²) in [4.78, 5) is 15.0. The van der Waals surface area contributed by atoms with Crippen LogP contribution in [0.5, 0.6) is 0 Å². The Bertz CT molecular complexity index is 2260. The summed E-state index contributed by atoms with van der Waals surface area (Å²) in [7, 11) is 0. The second kappa shape index (κ2) is 13.7. The molecule has 0 N–H and O–H groups in total. The molecule has 0 radical (unpaired) electrons. The summed E-state index contributed by atoms with van der Waals surface area (Å²) < 4.78 is 0. The van der Waals surface area contributed by atoms with Crippen LogP contribution < -0.4 is 0 Å². The first kappa shape index (κ1) is 30.5. The van der Waals surface area contributed by atoms with Crippen LogP contribution in [0.25, 0.3) is 73.3 Å². The van der Waals surface area contributed by atoms with E-state index in [1.807, 2.05) is 67.6 Å². The van der Waals surface area contributed by atoms with Crippen LogP contribution in [-0.2, 0) is 0 Å². The van der Waals surface area contributed by atoms with Gasteiger partial charge in [-0.05, 0) is 76.7 Å². The zero-order valence-corrected chi connectivity index (χ0v) is 27.1. The Morgan fingerprint density at radius 1 is 0.479 bits per heavy atom. The molecular formula is C45H35N3. The predicted molar refractivity (Wildman–Crippen MR) is 202 cm³/mol. The minimum atomic E-state index is 0.622. The van der Waals surface area contributed by atoms with E-state index in [4.69, 9.17) is 15.0 Å². The Balaban J connectivity index is 1.43. The summed E-state index contributed by atoms with van der Waals surface area (Å²) >= 11 is 0. The highest BCUT2D eigenvalue weighted by atomic mass is 15.0. The fourth-order valence-corrected chi connectivity index (χ4v) is 5.98. The number of benzene rings is 6. The first-order valence-corrected chi connectivity index (χ1v) is 16.1. The molecule has 0 amide bonds. The molecule has 1 aromatic heterocycles. The van der Waals surface area contributed by atoms with E-state index in [1.165, 1.54) is 21.9 Å². The van der Waals surface area contributed by atoms with Crippen molar-refractivity contribution in [2.75, 3.05) is 0 Å².